The van der Waals surface area contributed by atoms with Gasteiger partial charge in [-0.1, -0.05) is 0 Å². The zero-order chi connectivity index (χ0) is 12.9. The van der Waals surface area contributed by atoms with E-state index in [-0.39, 0.29) is 35.4 Å². The van der Waals surface area contributed by atoms with Crippen LogP contribution in [0.5, 0.6) is 0 Å². The third-order valence-electron chi connectivity index (χ3n) is 2.58. The number of guanidine groups is 1. The molecule has 0 unspecified atom stereocenters. The van der Waals surface area contributed by atoms with E-state index in [1.54, 1.807) is 7.05 Å². The lowest BCUT2D eigenvalue weighted by Crippen LogP contribution is -2.50. The first-order chi connectivity index (χ1) is 7.92. The van der Waals surface area contributed by atoms with Crippen LogP contribution in [0, 0.1) is 0 Å². The molecule has 1 aliphatic rings. The second-order valence-corrected chi connectivity index (χ2v) is 5.39. The SMILES string of the molecule is CN=C(NCC(=O)N1CCCC1)NC(C)(C)C.I. The van der Waals surface area contributed by atoms with Crippen molar-refractivity contribution in [1.29, 1.82) is 0 Å². The number of hydrogen-bond donors (Lipinski definition) is 2. The Balaban J connectivity index is 0.00000289. The fourth-order valence-electron chi connectivity index (χ4n) is 1.77. The van der Waals surface area contributed by atoms with Crippen LogP contribution in [0.15, 0.2) is 4.99 Å². The van der Waals surface area contributed by atoms with Crippen LogP contribution in [0.3, 0.4) is 0 Å². The summed E-state index contributed by atoms with van der Waals surface area (Å²) in [6.45, 7) is 8.28. The maximum atomic E-state index is 11.8. The number of likely N-dealkylation sites (tertiary alicyclic amines) is 1. The average molecular weight is 368 g/mol. The van der Waals surface area contributed by atoms with Crippen LogP contribution in [0.25, 0.3) is 0 Å². The highest BCUT2D eigenvalue weighted by Gasteiger charge is 2.18. The number of carbonyl (C=O) groups excluding carboxylic acids is 1. The van der Waals surface area contributed by atoms with Crippen molar-refractivity contribution >= 4 is 35.8 Å². The standard InChI is InChI=1S/C12H24N4O.HI/c1-12(2,3)15-11(13-4)14-9-10(17)16-7-5-6-8-16;/h5-9H2,1-4H3,(H2,13,14,15);1H. The van der Waals surface area contributed by atoms with Crippen molar-refractivity contribution in [2.45, 2.75) is 39.2 Å². The van der Waals surface area contributed by atoms with Crippen LogP contribution in [-0.4, -0.2) is 49.0 Å². The fourth-order valence-corrected chi connectivity index (χ4v) is 1.77. The molecule has 1 aliphatic heterocycles. The molecule has 0 spiro atoms. The lowest BCUT2D eigenvalue weighted by Gasteiger charge is -2.24. The Hall–Kier alpha value is -0.530. The molecule has 0 saturated carbocycles. The van der Waals surface area contributed by atoms with Gasteiger partial charge >= 0.3 is 0 Å². The van der Waals surface area contributed by atoms with Crippen molar-refractivity contribution in [3.63, 3.8) is 0 Å². The van der Waals surface area contributed by atoms with Crippen molar-refractivity contribution in [3.05, 3.63) is 0 Å². The Bertz CT molecular complexity index is 293. The lowest BCUT2D eigenvalue weighted by atomic mass is 10.1. The molecule has 0 aromatic rings. The van der Waals surface area contributed by atoms with Gasteiger partial charge in [0.1, 0.15) is 0 Å². The van der Waals surface area contributed by atoms with Gasteiger partial charge in [0.05, 0.1) is 6.54 Å². The molecule has 0 aromatic heterocycles. The van der Waals surface area contributed by atoms with Gasteiger partial charge in [-0.3, -0.25) is 9.79 Å². The first kappa shape index (κ1) is 17.5. The highest BCUT2D eigenvalue weighted by atomic mass is 127. The third-order valence-corrected chi connectivity index (χ3v) is 2.58. The second-order valence-electron chi connectivity index (χ2n) is 5.39. The summed E-state index contributed by atoms with van der Waals surface area (Å²) in [5, 5.41) is 6.27. The minimum atomic E-state index is -0.0570. The van der Waals surface area contributed by atoms with Crippen molar-refractivity contribution in [2.75, 3.05) is 26.7 Å². The molecule has 1 heterocycles. The number of aliphatic imine (C=N–C) groups is 1. The van der Waals surface area contributed by atoms with Crippen LogP contribution >= 0.6 is 24.0 Å². The van der Waals surface area contributed by atoms with E-state index in [1.165, 1.54) is 0 Å². The summed E-state index contributed by atoms with van der Waals surface area (Å²) in [6.07, 6.45) is 2.25. The number of carbonyl (C=O) groups is 1. The van der Waals surface area contributed by atoms with Crippen molar-refractivity contribution < 1.29 is 4.79 Å². The zero-order valence-electron chi connectivity index (χ0n) is 11.7. The van der Waals surface area contributed by atoms with Gasteiger partial charge in [-0.2, -0.15) is 0 Å². The van der Waals surface area contributed by atoms with E-state index >= 15 is 0 Å². The Labute approximate surface area is 127 Å². The summed E-state index contributed by atoms with van der Waals surface area (Å²) in [7, 11) is 1.71. The molecule has 1 fully saturated rings. The quantitative estimate of drug-likeness (QED) is 0.438. The Morgan fingerprint density at radius 3 is 2.28 bits per heavy atom. The van der Waals surface area contributed by atoms with Crippen molar-refractivity contribution in [3.8, 4) is 0 Å². The molecule has 1 amide bonds. The van der Waals surface area contributed by atoms with E-state index in [0.717, 1.165) is 25.9 Å². The Morgan fingerprint density at radius 2 is 1.83 bits per heavy atom. The van der Waals surface area contributed by atoms with Gasteiger partial charge in [0.25, 0.3) is 0 Å². The average Bonchev–Trinajstić information content (AvgIpc) is 2.75. The van der Waals surface area contributed by atoms with Gasteiger partial charge in [-0.25, -0.2) is 0 Å². The van der Waals surface area contributed by atoms with Gasteiger partial charge in [0.15, 0.2) is 5.96 Å². The van der Waals surface area contributed by atoms with E-state index in [2.05, 4.69) is 36.4 Å². The molecule has 106 valence electrons. The van der Waals surface area contributed by atoms with Crippen LogP contribution < -0.4 is 10.6 Å². The normalized spacial score (nSPS) is 16.2. The predicted octanol–water partition coefficient (Wildman–Crippen LogP) is 1.19. The smallest absolute Gasteiger partial charge is 0.241 e. The Kier molecular flexibility index (Phi) is 7.58. The van der Waals surface area contributed by atoms with Gasteiger partial charge in [0.2, 0.25) is 5.91 Å². The summed E-state index contributed by atoms with van der Waals surface area (Å²) in [5.41, 5.74) is -0.0570. The minimum absolute atomic E-state index is 0. The first-order valence-corrected chi connectivity index (χ1v) is 6.19. The Morgan fingerprint density at radius 1 is 1.28 bits per heavy atom. The molecule has 0 aliphatic carbocycles. The minimum Gasteiger partial charge on any atom is -0.352 e. The zero-order valence-corrected chi connectivity index (χ0v) is 14.1. The second kappa shape index (κ2) is 7.81. The summed E-state index contributed by atoms with van der Waals surface area (Å²) < 4.78 is 0. The van der Waals surface area contributed by atoms with E-state index in [4.69, 9.17) is 0 Å². The summed E-state index contributed by atoms with van der Waals surface area (Å²) in [5.74, 6) is 0.824. The van der Waals surface area contributed by atoms with E-state index in [9.17, 15) is 4.79 Å². The van der Waals surface area contributed by atoms with E-state index in [1.807, 2.05) is 4.90 Å². The number of hydrogen-bond acceptors (Lipinski definition) is 2. The molecule has 2 N–H and O–H groups in total. The lowest BCUT2D eigenvalue weighted by molar-refractivity contribution is -0.128. The molecule has 1 rings (SSSR count). The molecule has 1 saturated heterocycles. The number of rotatable bonds is 2. The summed E-state index contributed by atoms with van der Waals surface area (Å²) >= 11 is 0. The monoisotopic (exact) mass is 368 g/mol. The summed E-state index contributed by atoms with van der Waals surface area (Å²) in [4.78, 5) is 17.8. The van der Waals surface area contributed by atoms with E-state index < -0.39 is 0 Å². The maximum Gasteiger partial charge on any atom is 0.241 e. The molecule has 0 atom stereocenters. The molecular formula is C12H25IN4O. The van der Waals surface area contributed by atoms with Gasteiger partial charge in [-0.15, -0.1) is 24.0 Å². The molecule has 5 nitrogen and oxygen atoms in total. The molecule has 6 heteroatoms. The van der Waals surface area contributed by atoms with Gasteiger partial charge in [-0.05, 0) is 33.6 Å². The van der Waals surface area contributed by atoms with Crippen molar-refractivity contribution in [2.24, 2.45) is 4.99 Å². The van der Waals surface area contributed by atoms with Crippen LogP contribution in [0.1, 0.15) is 33.6 Å². The fraction of sp³-hybridized carbons (Fsp3) is 0.833. The third kappa shape index (κ3) is 6.42. The number of nitrogens with one attached hydrogen (secondary N) is 2. The summed E-state index contributed by atoms with van der Waals surface area (Å²) in [6, 6.07) is 0. The molecule has 0 radical (unpaired) electrons. The highest BCUT2D eigenvalue weighted by Crippen LogP contribution is 2.06. The molecule has 0 aromatic carbocycles. The largest absolute Gasteiger partial charge is 0.352 e. The van der Waals surface area contributed by atoms with Gasteiger partial charge in [0, 0.05) is 25.7 Å². The molecular weight excluding hydrogens is 343 g/mol. The molecule has 0 bridgehead atoms. The number of nitrogens with zero attached hydrogens (tertiary/aromatic N) is 2. The number of halogens is 1. The van der Waals surface area contributed by atoms with Crippen LogP contribution in [0.4, 0.5) is 0 Å². The predicted molar refractivity (Wildman–Crippen MR) is 85.5 cm³/mol. The molecule has 18 heavy (non-hydrogen) atoms. The first-order valence-electron chi connectivity index (χ1n) is 6.19. The van der Waals surface area contributed by atoms with Crippen molar-refractivity contribution in [1.82, 2.24) is 15.5 Å². The van der Waals surface area contributed by atoms with E-state index in [0.29, 0.717) is 12.5 Å². The maximum absolute atomic E-state index is 11.8. The highest BCUT2D eigenvalue weighted by molar-refractivity contribution is 14.0. The van der Waals surface area contributed by atoms with Crippen LogP contribution in [-0.2, 0) is 4.79 Å². The topological polar surface area (TPSA) is 56.7 Å². The number of amides is 1. The van der Waals surface area contributed by atoms with Gasteiger partial charge < -0.3 is 15.5 Å². The van der Waals surface area contributed by atoms with Crippen LogP contribution in [0.2, 0.25) is 0 Å².